The Kier molecular flexibility index (Phi) is 4.86. The fraction of sp³-hybridized carbons (Fsp3) is 0.200. The third-order valence-corrected chi connectivity index (χ3v) is 1.78. The summed E-state index contributed by atoms with van der Waals surface area (Å²) >= 11 is 10.1. The minimum Gasteiger partial charge on any atom is -0.363 e. The third-order valence-electron chi connectivity index (χ3n) is 0.760. The molecule has 64 valence electrons. The average Bonchev–Trinajstić information content (AvgIpc) is 1.85. The molecule has 0 fully saturated rings. The van der Waals surface area contributed by atoms with Crippen molar-refractivity contribution in [3.63, 3.8) is 0 Å². The zero-order valence-corrected chi connectivity index (χ0v) is 8.12. The molecule has 0 saturated carbocycles. The summed E-state index contributed by atoms with van der Waals surface area (Å²) in [5.41, 5.74) is 0.548. The summed E-state index contributed by atoms with van der Waals surface area (Å²) in [6, 6.07) is 0. The zero-order valence-electron chi connectivity index (χ0n) is 5.72. The van der Waals surface area contributed by atoms with Crippen molar-refractivity contribution < 1.29 is 9.09 Å². The van der Waals surface area contributed by atoms with Gasteiger partial charge in [0.1, 0.15) is 6.73 Å². The van der Waals surface area contributed by atoms with Gasteiger partial charge >= 0.3 is 6.07 Å². The van der Waals surface area contributed by atoms with E-state index in [1.54, 1.807) is 0 Å². The molecule has 0 aliphatic heterocycles. The third kappa shape index (κ3) is 7.95. The number of rotatable bonds is 5. The van der Waals surface area contributed by atoms with Crippen LogP contribution >= 0.6 is 28.6 Å². The second kappa shape index (κ2) is 4.83. The van der Waals surface area contributed by atoms with Crippen molar-refractivity contribution in [3.8, 4) is 0 Å². The fourth-order valence-corrected chi connectivity index (χ4v) is 0.780. The molecule has 3 nitrogen and oxygen atoms in total. The van der Waals surface area contributed by atoms with Crippen LogP contribution in [0.2, 0.25) is 0 Å². The van der Waals surface area contributed by atoms with E-state index in [0.717, 1.165) is 0 Å². The molecule has 1 N–H and O–H groups in total. The van der Waals surface area contributed by atoms with Crippen molar-refractivity contribution in [1.82, 2.24) is 5.32 Å². The molecule has 0 radical (unpaired) electrons. The van der Waals surface area contributed by atoms with Crippen molar-refractivity contribution in [3.05, 3.63) is 24.9 Å². The lowest BCUT2D eigenvalue weighted by atomic mass is 10.5. The van der Waals surface area contributed by atoms with E-state index >= 15 is 0 Å². The normalized spacial score (nSPS) is 10.7. The molecule has 0 aromatic rings. The number of hydrogen-bond donors (Lipinski definition) is 1. The molecule has 0 aromatic carbocycles. The SMILES string of the molecule is C=CC(=C)NCOP(=O)(Cl)Cl. The number of hydrogen-bond acceptors (Lipinski definition) is 3. The summed E-state index contributed by atoms with van der Waals surface area (Å²) < 4.78 is 15.0. The second-order valence-corrected chi connectivity index (χ2v) is 5.87. The van der Waals surface area contributed by atoms with Gasteiger partial charge in [-0.3, -0.25) is 9.09 Å². The lowest BCUT2D eigenvalue weighted by Crippen LogP contribution is -2.12. The van der Waals surface area contributed by atoms with Gasteiger partial charge in [0.05, 0.1) is 0 Å². The van der Waals surface area contributed by atoms with Crippen LogP contribution in [0.25, 0.3) is 0 Å². The Morgan fingerprint density at radius 3 is 2.64 bits per heavy atom. The molecule has 0 atom stereocenters. The summed E-state index contributed by atoms with van der Waals surface area (Å²) in [5, 5.41) is 2.61. The predicted octanol–water partition coefficient (Wildman–Crippen LogP) is 2.84. The lowest BCUT2D eigenvalue weighted by molar-refractivity contribution is 0.316. The molecule has 0 saturated heterocycles. The zero-order chi connectivity index (χ0) is 8.91. The van der Waals surface area contributed by atoms with E-state index in [-0.39, 0.29) is 6.73 Å². The molecule has 0 bridgehead atoms. The molecule has 0 aliphatic rings. The molecule has 0 aromatic heterocycles. The van der Waals surface area contributed by atoms with E-state index in [4.69, 9.17) is 22.5 Å². The minimum atomic E-state index is -3.43. The van der Waals surface area contributed by atoms with Crippen molar-refractivity contribution in [2.45, 2.75) is 0 Å². The van der Waals surface area contributed by atoms with E-state index in [9.17, 15) is 4.57 Å². The van der Waals surface area contributed by atoms with Gasteiger partial charge in [0.2, 0.25) is 0 Å². The van der Waals surface area contributed by atoms with Crippen LogP contribution in [0.15, 0.2) is 24.9 Å². The van der Waals surface area contributed by atoms with Crippen LogP contribution in [-0.4, -0.2) is 6.73 Å². The maximum atomic E-state index is 10.5. The first-order chi connectivity index (χ1) is 4.95. The van der Waals surface area contributed by atoms with Gasteiger partial charge in [0.25, 0.3) is 0 Å². The standard InChI is InChI=1S/C5H8Cl2NO2P/c1-3-5(2)8-4-10-11(6,7)9/h3,8H,1-2,4H2. The summed E-state index contributed by atoms with van der Waals surface area (Å²) in [7, 11) is 0. The van der Waals surface area contributed by atoms with Gasteiger partial charge in [-0.1, -0.05) is 13.2 Å². The maximum Gasteiger partial charge on any atom is 0.381 e. The Bertz CT molecular complexity index is 201. The quantitative estimate of drug-likeness (QED) is 0.436. The largest absolute Gasteiger partial charge is 0.381 e. The van der Waals surface area contributed by atoms with E-state index < -0.39 is 6.07 Å². The molecule has 0 rings (SSSR count). The van der Waals surface area contributed by atoms with Crippen LogP contribution in [0.4, 0.5) is 0 Å². The molecule has 0 spiro atoms. The van der Waals surface area contributed by atoms with Crippen molar-refractivity contribution in [2.75, 3.05) is 6.73 Å². The molecule has 0 aliphatic carbocycles. The number of halogens is 2. The second-order valence-electron chi connectivity index (χ2n) is 1.59. The molecule has 0 heterocycles. The lowest BCUT2D eigenvalue weighted by Gasteiger charge is -2.06. The first-order valence-corrected chi connectivity index (χ1v) is 6.08. The van der Waals surface area contributed by atoms with Gasteiger partial charge in [0.15, 0.2) is 0 Å². The molecular formula is C5H8Cl2NO2P. The molecular weight excluding hydrogens is 208 g/mol. The van der Waals surface area contributed by atoms with Crippen LogP contribution in [0.1, 0.15) is 0 Å². The van der Waals surface area contributed by atoms with Crippen LogP contribution < -0.4 is 5.32 Å². The Morgan fingerprint density at radius 2 is 2.27 bits per heavy atom. The summed E-state index contributed by atoms with van der Waals surface area (Å²) in [6.07, 6.45) is -1.94. The van der Waals surface area contributed by atoms with Crippen LogP contribution in [-0.2, 0) is 9.09 Å². The average molecular weight is 216 g/mol. The highest BCUT2D eigenvalue weighted by Crippen LogP contribution is 2.57. The Balaban J connectivity index is 3.51. The Morgan fingerprint density at radius 1 is 1.73 bits per heavy atom. The van der Waals surface area contributed by atoms with E-state index in [1.807, 2.05) is 0 Å². The summed E-state index contributed by atoms with van der Waals surface area (Å²) in [4.78, 5) is 0. The minimum absolute atomic E-state index is 0.0465. The van der Waals surface area contributed by atoms with Gasteiger partial charge in [-0.05, 0) is 28.6 Å². The van der Waals surface area contributed by atoms with E-state index in [0.29, 0.717) is 5.70 Å². The first-order valence-electron chi connectivity index (χ1n) is 2.65. The van der Waals surface area contributed by atoms with Crippen molar-refractivity contribution in [2.24, 2.45) is 0 Å². The fourth-order valence-electron chi connectivity index (χ4n) is 0.272. The van der Waals surface area contributed by atoms with Gasteiger partial charge in [0, 0.05) is 5.70 Å². The first kappa shape index (κ1) is 11.1. The monoisotopic (exact) mass is 215 g/mol. The Labute approximate surface area is 75.1 Å². The summed E-state index contributed by atoms with van der Waals surface area (Å²) in [5.74, 6) is 0. The maximum absolute atomic E-state index is 10.5. The van der Waals surface area contributed by atoms with E-state index in [2.05, 4.69) is 23.0 Å². The highest BCUT2D eigenvalue weighted by molar-refractivity contribution is 8.05. The highest BCUT2D eigenvalue weighted by Gasteiger charge is 2.12. The van der Waals surface area contributed by atoms with Crippen LogP contribution in [0.3, 0.4) is 0 Å². The van der Waals surface area contributed by atoms with Gasteiger partial charge in [-0.2, -0.15) is 0 Å². The van der Waals surface area contributed by atoms with Gasteiger partial charge in [-0.15, -0.1) is 0 Å². The van der Waals surface area contributed by atoms with Crippen LogP contribution in [0.5, 0.6) is 0 Å². The predicted molar refractivity (Wildman–Crippen MR) is 47.7 cm³/mol. The number of nitrogens with one attached hydrogen (secondary N) is 1. The molecule has 6 heteroatoms. The smallest absolute Gasteiger partial charge is 0.363 e. The highest BCUT2D eigenvalue weighted by atomic mass is 35.9. The Hall–Kier alpha value is 0.0500. The van der Waals surface area contributed by atoms with Crippen LogP contribution in [0, 0.1) is 0 Å². The molecule has 11 heavy (non-hydrogen) atoms. The molecule has 0 amide bonds. The topological polar surface area (TPSA) is 38.3 Å². The van der Waals surface area contributed by atoms with Gasteiger partial charge in [-0.25, -0.2) is 0 Å². The van der Waals surface area contributed by atoms with Crippen molar-refractivity contribution in [1.29, 1.82) is 0 Å². The van der Waals surface area contributed by atoms with E-state index in [1.165, 1.54) is 6.08 Å². The van der Waals surface area contributed by atoms with Gasteiger partial charge < -0.3 is 5.32 Å². The number of allylic oxidation sites excluding steroid dienone is 1. The van der Waals surface area contributed by atoms with Crippen molar-refractivity contribution >= 4 is 28.6 Å². The summed E-state index contributed by atoms with van der Waals surface area (Å²) in [6.45, 7) is 6.88. The molecule has 0 unspecified atom stereocenters.